The van der Waals surface area contributed by atoms with Gasteiger partial charge in [-0.3, -0.25) is 9.59 Å². The number of esters is 2. The Morgan fingerprint density at radius 2 is 1.54 bits per heavy atom. The second-order valence-corrected chi connectivity index (χ2v) is 9.06. The number of amides is 1. The van der Waals surface area contributed by atoms with Gasteiger partial charge in [0.2, 0.25) is 11.6 Å². The maximum Gasteiger partial charge on any atom is 0.340 e. The molecule has 0 radical (unpaired) electrons. The van der Waals surface area contributed by atoms with Gasteiger partial charge >= 0.3 is 11.9 Å². The predicted octanol–water partition coefficient (Wildman–Crippen LogP) is 5.53. The summed E-state index contributed by atoms with van der Waals surface area (Å²) in [4.78, 5) is 39.1. The molecule has 1 unspecified atom stereocenters. The smallest absolute Gasteiger partial charge is 0.340 e. The van der Waals surface area contributed by atoms with Crippen LogP contribution in [-0.4, -0.2) is 35.8 Å². The van der Waals surface area contributed by atoms with Crippen LogP contribution in [0, 0.1) is 30.2 Å². The SMILES string of the molecule is CCN(CC)C(=O)c1ccc2c(c1)C(=O)OC21c2cc(F)c(C)c(F)c2Oc2c1cc(F)c(OC(C)=O)c2F. The quantitative estimate of drug-likeness (QED) is 0.245. The van der Waals surface area contributed by atoms with Crippen LogP contribution in [0.5, 0.6) is 17.2 Å². The second-order valence-electron chi connectivity index (χ2n) is 9.06. The molecule has 2 aliphatic rings. The molecular formula is C28H21F4NO6. The largest absolute Gasteiger partial charge is 0.450 e. The molecule has 0 fully saturated rings. The highest BCUT2D eigenvalue weighted by Gasteiger charge is 2.56. The number of halogens is 4. The first-order chi connectivity index (χ1) is 18.5. The van der Waals surface area contributed by atoms with Crippen LogP contribution < -0.4 is 9.47 Å². The van der Waals surface area contributed by atoms with Crippen LogP contribution in [0.2, 0.25) is 0 Å². The standard InChI is InChI=1S/C28H21F4NO6/c1-5-33(6-2)26(35)14-7-8-16-15(9-14)27(36)39-28(16)17-10-19(29)12(3)21(31)23(17)38-24-18(28)11-20(30)25(22(24)32)37-13(4)34/h7-11H,5-6H2,1-4H3. The van der Waals surface area contributed by atoms with E-state index in [1.807, 2.05) is 0 Å². The number of carbonyl (C=O) groups is 3. The maximum atomic E-state index is 15.6. The topological polar surface area (TPSA) is 82.1 Å². The van der Waals surface area contributed by atoms with E-state index in [1.165, 1.54) is 23.1 Å². The lowest BCUT2D eigenvalue weighted by atomic mass is 9.76. The van der Waals surface area contributed by atoms with Gasteiger partial charge in [0.25, 0.3) is 5.91 Å². The Morgan fingerprint density at radius 3 is 2.15 bits per heavy atom. The molecule has 1 atom stereocenters. The van der Waals surface area contributed by atoms with Crippen LogP contribution in [0.3, 0.4) is 0 Å². The van der Waals surface area contributed by atoms with Crippen LogP contribution >= 0.6 is 0 Å². The van der Waals surface area contributed by atoms with Gasteiger partial charge in [0, 0.05) is 36.7 Å². The van der Waals surface area contributed by atoms with Crippen molar-refractivity contribution in [3.8, 4) is 17.2 Å². The Labute approximate surface area is 219 Å². The lowest BCUT2D eigenvalue weighted by Gasteiger charge is -2.37. The van der Waals surface area contributed by atoms with Gasteiger partial charge in [-0.2, -0.15) is 4.39 Å². The second kappa shape index (κ2) is 9.11. The van der Waals surface area contributed by atoms with E-state index in [0.717, 1.165) is 19.9 Å². The summed E-state index contributed by atoms with van der Waals surface area (Å²) in [5.41, 5.74) is -3.52. The van der Waals surface area contributed by atoms with Gasteiger partial charge in [0.15, 0.2) is 28.7 Å². The Kier molecular flexibility index (Phi) is 6.12. The fourth-order valence-electron chi connectivity index (χ4n) is 4.98. The number of hydrogen-bond acceptors (Lipinski definition) is 6. The highest BCUT2D eigenvalue weighted by molar-refractivity contribution is 6.01. The van der Waals surface area contributed by atoms with Crippen molar-refractivity contribution in [1.82, 2.24) is 4.90 Å². The zero-order valence-electron chi connectivity index (χ0n) is 21.2. The number of ether oxygens (including phenoxy) is 3. The van der Waals surface area contributed by atoms with E-state index in [-0.39, 0.29) is 28.2 Å². The zero-order valence-corrected chi connectivity index (χ0v) is 21.2. The normalized spacial score (nSPS) is 16.7. The van der Waals surface area contributed by atoms with Crippen LogP contribution in [0.25, 0.3) is 0 Å². The zero-order chi connectivity index (χ0) is 28.4. The van der Waals surface area contributed by atoms with E-state index >= 15 is 13.2 Å². The molecule has 0 saturated carbocycles. The molecule has 0 aliphatic carbocycles. The first-order valence-electron chi connectivity index (χ1n) is 12.0. The number of benzene rings is 3. The third-order valence-corrected chi connectivity index (χ3v) is 6.90. The first-order valence-corrected chi connectivity index (χ1v) is 12.0. The van der Waals surface area contributed by atoms with Crippen molar-refractivity contribution in [1.29, 1.82) is 0 Å². The average Bonchev–Trinajstić information content (AvgIpc) is 3.19. The lowest BCUT2D eigenvalue weighted by molar-refractivity contribution is -0.132. The van der Waals surface area contributed by atoms with Gasteiger partial charge in [-0.15, -0.1) is 0 Å². The predicted molar refractivity (Wildman–Crippen MR) is 128 cm³/mol. The minimum Gasteiger partial charge on any atom is -0.450 e. The summed E-state index contributed by atoms with van der Waals surface area (Å²) in [7, 11) is 0. The van der Waals surface area contributed by atoms with Crippen molar-refractivity contribution in [3.05, 3.63) is 87.0 Å². The lowest BCUT2D eigenvalue weighted by Crippen LogP contribution is -2.34. The minimum absolute atomic E-state index is 0.0175. The molecule has 2 heterocycles. The number of rotatable bonds is 4. The maximum absolute atomic E-state index is 15.6. The third-order valence-electron chi connectivity index (χ3n) is 6.90. The third kappa shape index (κ3) is 3.67. The molecular weight excluding hydrogens is 522 g/mol. The summed E-state index contributed by atoms with van der Waals surface area (Å²) < 4.78 is 76.8. The summed E-state index contributed by atoms with van der Waals surface area (Å²) >= 11 is 0. The van der Waals surface area contributed by atoms with Gasteiger partial charge in [-0.25, -0.2) is 18.0 Å². The summed E-state index contributed by atoms with van der Waals surface area (Å²) in [6.45, 7) is 6.42. The first kappa shape index (κ1) is 26.2. The van der Waals surface area contributed by atoms with E-state index in [2.05, 4.69) is 4.74 Å². The Hall–Kier alpha value is -4.41. The molecule has 7 nitrogen and oxygen atoms in total. The minimum atomic E-state index is -2.25. The molecule has 0 bridgehead atoms. The van der Waals surface area contributed by atoms with E-state index in [4.69, 9.17) is 9.47 Å². The molecule has 0 aromatic heterocycles. The molecule has 5 rings (SSSR count). The van der Waals surface area contributed by atoms with Gasteiger partial charge in [0.05, 0.1) is 16.7 Å². The summed E-state index contributed by atoms with van der Waals surface area (Å²) in [5, 5.41) is 0. The van der Waals surface area contributed by atoms with Crippen LogP contribution in [0.15, 0.2) is 30.3 Å². The highest BCUT2D eigenvalue weighted by Crippen LogP contribution is 2.58. The van der Waals surface area contributed by atoms with Crippen molar-refractivity contribution in [3.63, 3.8) is 0 Å². The number of carbonyl (C=O) groups excluding carboxylic acids is 3. The molecule has 202 valence electrons. The van der Waals surface area contributed by atoms with Crippen molar-refractivity contribution in [2.24, 2.45) is 0 Å². The Morgan fingerprint density at radius 1 is 0.923 bits per heavy atom. The highest BCUT2D eigenvalue weighted by atomic mass is 19.1. The number of fused-ring (bicyclic) bond motifs is 6. The molecule has 1 spiro atoms. The van der Waals surface area contributed by atoms with Gasteiger partial charge < -0.3 is 19.1 Å². The fourth-order valence-corrected chi connectivity index (χ4v) is 4.98. The van der Waals surface area contributed by atoms with Crippen molar-refractivity contribution in [2.45, 2.75) is 33.3 Å². The molecule has 11 heteroatoms. The Bertz CT molecular complexity index is 1600. The molecule has 3 aromatic carbocycles. The van der Waals surface area contributed by atoms with Crippen LogP contribution in [-0.2, 0) is 15.1 Å². The molecule has 1 amide bonds. The van der Waals surface area contributed by atoms with E-state index in [0.29, 0.717) is 19.2 Å². The average molecular weight is 543 g/mol. The number of nitrogens with zero attached hydrogens (tertiary/aromatic N) is 1. The molecule has 3 aromatic rings. The molecule has 0 saturated heterocycles. The van der Waals surface area contributed by atoms with E-state index in [9.17, 15) is 18.8 Å². The van der Waals surface area contributed by atoms with Crippen LogP contribution in [0.4, 0.5) is 17.6 Å². The molecule has 0 N–H and O–H groups in total. The number of hydrogen-bond donors (Lipinski definition) is 0. The molecule has 2 aliphatic heterocycles. The van der Waals surface area contributed by atoms with Gasteiger partial charge in [-0.1, -0.05) is 6.07 Å². The van der Waals surface area contributed by atoms with Crippen LogP contribution in [0.1, 0.15) is 63.7 Å². The van der Waals surface area contributed by atoms with Crippen molar-refractivity contribution >= 4 is 17.8 Å². The molecule has 39 heavy (non-hydrogen) atoms. The van der Waals surface area contributed by atoms with E-state index in [1.54, 1.807) is 13.8 Å². The fraction of sp³-hybridized carbons (Fsp3) is 0.250. The van der Waals surface area contributed by atoms with Gasteiger partial charge in [0.1, 0.15) is 5.82 Å². The van der Waals surface area contributed by atoms with Gasteiger partial charge in [-0.05, 0) is 45.0 Å². The summed E-state index contributed by atoms with van der Waals surface area (Å²) in [6, 6.07) is 5.57. The summed E-state index contributed by atoms with van der Waals surface area (Å²) in [5.74, 6) is -10.0. The van der Waals surface area contributed by atoms with E-state index < -0.39 is 69.2 Å². The Balaban J connectivity index is 1.84. The van der Waals surface area contributed by atoms with Crippen molar-refractivity contribution < 1.29 is 46.2 Å². The van der Waals surface area contributed by atoms with Crippen molar-refractivity contribution in [2.75, 3.05) is 13.1 Å². The monoisotopic (exact) mass is 543 g/mol. The summed E-state index contributed by atoms with van der Waals surface area (Å²) in [6.07, 6.45) is 0.